The van der Waals surface area contributed by atoms with Gasteiger partial charge in [-0.25, -0.2) is 0 Å². The monoisotopic (exact) mass is 409 g/mol. The fourth-order valence-corrected chi connectivity index (χ4v) is 4.80. The van der Waals surface area contributed by atoms with Crippen LogP contribution >= 0.6 is 23.7 Å². The van der Waals surface area contributed by atoms with Gasteiger partial charge in [0.1, 0.15) is 0 Å². The molecule has 5 nitrogen and oxygen atoms in total. The molecule has 1 unspecified atom stereocenters. The van der Waals surface area contributed by atoms with Crippen molar-refractivity contribution in [2.75, 3.05) is 26.2 Å². The van der Waals surface area contributed by atoms with Crippen LogP contribution in [0.25, 0.3) is 10.1 Å². The summed E-state index contributed by atoms with van der Waals surface area (Å²) in [6.45, 7) is 8.05. The Labute approximate surface area is 170 Å². The number of carbonyl (C=O) groups is 2. The predicted molar refractivity (Wildman–Crippen MR) is 114 cm³/mol. The molecule has 0 saturated carbocycles. The lowest BCUT2D eigenvalue weighted by atomic mass is 9.95. The topological polar surface area (TPSA) is 66.6 Å². The number of hydrogen-bond donors (Lipinski definition) is 1. The smallest absolute Gasteiger partial charge is 0.264 e. The molecule has 0 spiro atoms. The van der Waals surface area contributed by atoms with Crippen LogP contribution in [-0.4, -0.2) is 53.3 Å². The van der Waals surface area contributed by atoms with Gasteiger partial charge in [-0.1, -0.05) is 31.5 Å². The van der Waals surface area contributed by atoms with Crippen LogP contribution in [-0.2, 0) is 4.79 Å². The van der Waals surface area contributed by atoms with Crippen molar-refractivity contribution in [3.63, 3.8) is 0 Å². The summed E-state index contributed by atoms with van der Waals surface area (Å²) < 4.78 is 1.14. The zero-order chi connectivity index (χ0) is 18.9. The zero-order valence-corrected chi connectivity index (χ0v) is 17.8. The van der Waals surface area contributed by atoms with E-state index in [1.807, 2.05) is 30.9 Å². The highest BCUT2D eigenvalue weighted by atomic mass is 35.5. The molecule has 1 aromatic carbocycles. The summed E-state index contributed by atoms with van der Waals surface area (Å²) in [6.07, 6.45) is 1.55. The van der Waals surface area contributed by atoms with E-state index in [2.05, 4.69) is 12.1 Å². The van der Waals surface area contributed by atoms with Gasteiger partial charge in [0.05, 0.1) is 10.4 Å². The van der Waals surface area contributed by atoms with Crippen molar-refractivity contribution in [2.45, 2.75) is 39.2 Å². The number of carbonyl (C=O) groups excluding carboxylic acids is 2. The van der Waals surface area contributed by atoms with Gasteiger partial charge in [-0.15, -0.1) is 23.7 Å². The Morgan fingerprint density at radius 3 is 2.33 bits per heavy atom. The first-order valence-corrected chi connectivity index (χ1v) is 10.0. The molecule has 1 atom stereocenters. The maximum atomic E-state index is 13.0. The summed E-state index contributed by atoms with van der Waals surface area (Å²) in [7, 11) is 0. The molecule has 0 bridgehead atoms. The maximum Gasteiger partial charge on any atom is 0.264 e. The lowest BCUT2D eigenvalue weighted by Crippen LogP contribution is -2.58. The second-order valence-corrected chi connectivity index (χ2v) is 8.36. The van der Waals surface area contributed by atoms with Gasteiger partial charge in [-0.05, 0) is 37.3 Å². The van der Waals surface area contributed by atoms with Crippen molar-refractivity contribution in [1.29, 1.82) is 0 Å². The van der Waals surface area contributed by atoms with Crippen LogP contribution in [0.4, 0.5) is 0 Å². The number of hydrogen-bond acceptors (Lipinski definition) is 4. The molecule has 1 saturated heterocycles. The summed E-state index contributed by atoms with van der Waals surface area (Å²) >= 11 is 1.55. The molecule has 1 fully saturated rings. The van der Waals surface area contributed by atoms with Crippen LogP contribution in [0, 0.1) is 6.92 Å². The molecule has 148 valence electrons. The number of aryl methyl sites for hydroxylation is 1. The number of halogens is 1. The highest BCUT2D eigenvalue weighted by molar-refractivity contribution is 7.21. The Balaban J connectivity index is 0.00000261. The number of amides is 2. The van der Waals surface area contributed by atoms with Crippen LogP contribution in [0.5, 0.6) is 0 Å². The van der Waals surface area contributed by atoms with Gasteiger partial charge >= 0.3 is 0 Å². The lowest BCUT2D eigenvalue weighted by Gasteiger charge is -2.38. The third-order valence-electron chi connectivity index (χ3n) is 5.15. The Hall–Kier alpha value is -1.63. The van der Waals surface area contributed by atoms with Gasteiger partial charge in [0.2, 0.25) is 5.91 Å². The fourth-order valence-electron chi connectivity index (χ4n) is 3.62. The number of thiophene rings is 1. The molecular weight excluding hydrogens is 382 g/mol. The maximum absolute atomic E-state index is 13.0. The van der Waals surface area contributed by atoms with Crippen molar-refractivity contribution in [3.8, 4) is 0 Å². The molecular formula is C20H28ClN3O2S. The van der Waals surface area contributed by atoms with Crippen molar-refractivity contribution in [2.24, 2.45) is 5.73 Å². The van der Waals surface area contributed by atoms with Crippen LogP contribution in [0.2, 0.25) is 0 Å². The average Bonchev–Trinajstić information content (AvgIpc) is 2.98. The first-order chi connectivity index (χ1) is 12.3. The Kier molecular flexibility index (Phi) is 6.89. The summed E-state index contributed by atoms with van der Waals surface area (Å²) in [5, 5.41) is 1.15. The number of fused-ring (bicyclic) bond motifs is 1. The first kappa shape index (κ1) is 21.7. The van der Waals surface area contributed by atoms with Gasteiger partial charge in [0.25, 0.3) is 5.91 Å². The Morgan fingerprint density at radius 1 is 1.15 bits per heavy atom. The number of nitrogens with two attached hydrogens (primary N) is 1. The minimum atomic E-state index is -0.816. The van der Waals surface area contributed by atoms with E-state index >= 15 is 0 Å². The second kappa shape index (κ2) is 8.59. The average molecular weight is 410 g/mol. The molecule has 0 radical (unpaired) electrons. The summed E-state index contributed by atoms with van der Waals surface area (Å²) in [6, 6.07) is 8.11. The molecule has 1 aliphatic heterocycles. The van der Waals surface area contributed by atoms with E-state index in [4.69, 9.17) is 5.73 Å². The van der Waals surface area contributed by atoms with Gasteiger partial charge < -0.3 is 15.5 Å². The van der Waals surface area contributed by atoms with Gasteiger partial charge in [-0.3, -0.25) is 9.59 Å². The van der Waals surface area contributed by atoms with Crippen LogP contribution < -0.4 is 5.73 Å². The van der Waals surface area contributed by atoms with Crippen molar-refractivity contribution < 1.29 is 9.59 Å². The third-order valence-corrected chi connectivity index (χ3v) is 6.41. The quantitative estimate of drug-likeness (QED) is 0.841. The van der Waals surface area contributed by atoms with Crippen LogP contribution in [0.3, 0.4) is 0 Å². The van der Waals surface area contributed by atoms with Gasteiger partial charge in [0.15, 0.2) is 0 Å². The number of piperazine rings is 1. The molecule has 2 heterocycles. The van der Waals surface area contributed by atoms with Gasteiger partial charge in [0, 0.05) is 30.9 Å². The Bertz CT molecular complexity index is 826. The predicted octanol–water partition coefficient (Wildman–Crippen LogP) is 3.43. The lowest BCUT2D eigenvalue weighted by molar-refractivity contribution is -0.138. The van der Waals surface area contributed by atoms with E-state index in [1.165, 1.54) is 0 Å². The number of benzene rings is 1. The third kappa shape index (κ3) is 4.28. The van der Waals surface area contributed by atoms with Gasteiger partial charge in [-0.2, -0.15) is 0 Å². The Morgan fingerprint density at radius 2 is 1.74 bits per heavy atom. The normalized spacial score (nSPS) is 16.7. The summed E-state index contributed by atoms with van der Waals surface area (Å²) in [5.41, 5.74) is 6.41. The molecule has 2 aromatic rings. The second-order valence-electron chi connectivity index (χ2n) is 7.30. The molecule has 1 aliphatic rings. The highest BCUT2D eigenvalue weighted by Crippen LogP contribution is 2.31. The summed E-state index contributed by atoms with van der Waals surface area (Å²) in [5.74, 6) is 0.0596. The fraction of sp³-hybridized carbons (Fsp3) is 0.500. The molecule has 2 amide bonds. The van der Waals surface area contributed by atoms with E-state index in [-0.39, 0.29) is 24.2 Å². The highest BCUT2D eigenvalue weighted by Gasteiger charge is 2.34. The molecule has 27 heavy (non-hydrogen) atoms. The SMILES string of the molecule is CCCC(C)(N)C(=O)N1CCN(C(=O)c2sc3ccccc3c2C)CC1.Cl. The largest absolute Gasteiger partial charge is 0.338 e. The van der Waals surface area contributed by atoms with Crippen LogP contribution in [0.15, 0.2) is 24.3 Å². The summed E-state index contributed by atoms with van der Waals surface area (Å²) in [4.78, 5) is 30.1. The van der Waals surface area contributed by atoms with Crippen LogP contribution in [0.1, 0.15) is 41.9 Å². The van der Waals surface area contributed by atoms with E-state index in [0.29, 0.717) is 32.6 Å². The number of nitrogens with zero attached hydrogens (tertiary/aromatic N) is 2. The van der Waals surface area contributed by atoms with Crippen molar-refractivity contribution >= 4 is 45.6 Å². The molecule has 1 aromatic heterocycles. The standard InChI is InChI=1S/C20H27N3O2S.ClH/c1-4-9-20(3,21)19(25)23-12-10-22(11-13-23)18(24)17-14(2)15-7-5-6-8-16(15)26-17;/h5-8H,4,9-13,21H2,1-3H3;1H. The molecule has 7 heteroatoms. The minimum Gasteiger partial charge on any atom is -0.338 e. The minimum absolute atomic E-state index is 0. The van der Waals surface area contributed by atoms with Crippen molar-refractivity contribution in [3.05, 3.63) is 34.7 Å². The van der Waals surface area contributed by atoms with Crippen molar-refractivity contribution in [1.82, 2.24) is 9.80 Å². The van der Waals surface area contributed by atoms with E-state index in [1.54, 1.807) is 23.2 Å². The molecule has 3 rings (SSSR count). The van der Waals surface area contributed by atoms with E-state index in [9.17, 15) is 9.59 Å². The first-order valence-electron chi connectivity index (χ1n) is 9.21. The number of rotatable bonds is 4. The van der Waals surface area contributed by atoms with E-state index in [0.717, 1.165) is 26.9 Å². The van der Waals surface area contributed by atoms with E-state index < -0.39 is 5.54 Å². The molecule has 2 N–H and O–H groups in total. The molecule has 0 aliphatic carbocycles. The zero-order valence-electron chi connectivity index (χ0n) is 16.2.